The first kappa shape index (κ1) is 17.0. The standard InChI is InChI=1S/C18H28N2O2/c1-5-18(6-2)14(12-15(18)22-4)20-16(21)17(3,19)13-10-8-7-9-11-13/h7-11,14-15H,5-6,12,19H2,1-4H3,(H,20,21). The Labute approximate surface area is 133 Å². The molecule has 1 aromatic rings. The number of ether oxygens (including phenoxy) is 1. The maximum atomic E-state index is 12.7. The number of methoxy groups -OCH3 is 1. The van der Waals surface area contributed by atoms with Crippen molar-refractivity contribution in [3.63, 3.8) is 0 Å². The van der Waals surface area contributed by atoms with Gasteiger partial charge in [0.05, 0.1) is 6.10 Å². The van der Waals surface area contributed by atoms with Crippen LogP contribution in [0.2, 0.25) is 0 Å². The second-order valence-electron chi connectivity index (χ2n) is 6.49. The van der Waals surface area contributed by atoms with Crippen molar-refractivity contribution in [2.24, 2.45) is 11.1 Å². The van der Waals surface area contributed by atoms with E-state index in [9.17, 15) is 4.79 Å². The van der Waals surface area contributed by atoms with Gasteiger partial charge >= 0.3 is 0 Å². The topological polar surface area (TPSA) is 64.4 Å². The second kappa shape index (κ2) is 6.39. The van der Waals surface area contributed by atoms with Crippen molar-refractivity contribution in [1.82, 2.24) is 5.32 Å². The molecule has 1 saturated carbocycles. The van der Waals surface area contributed by atoms with E-state index in [2.05, 4.69) is 19.2 Å². The smallest absolute Gasteiger partial charge is 0.244 e. The van der Waals surface area contributed by atoms with Gasteiger partial charge in [-0.3, -0.25) is 4.79 Å². The van der Waals surface area contributed by atoms with E-state index in [1.165, 1.54) is 0 Å². The number of rotatable bonds is 6. The summed E-state index contributed by atoms with van der Waals surface area (Å²) in [4.78, 5) is 12.7. The summed E-state index contributed by atoms with van der Waals surface area (Å²) in [5.74, 6) is -0.121. The van der Waals surface area contributed by atoms with E-state index in [0.717, 1.165) is 24.8 Å². The highest BCUT2D eigenvalue weighted by Gasteiger charge is 2.54. The molecule has 3 unspecified atom stereocenters. The predicted molar refractivity (Wildman–Crippen MR) is 88.3 cm³/mol. The van der Waals surface area contributed by atoms with Crippen LogP contribution in [0, 0.1) is 5.41 Å². The Kier molecular flexibility index (Phi) is 4.93. The molecule has 1 fully saturated rings. The fourth-order valence-corrected chi connectivity index (χ4v) is 3.70. The summed E-state index contributed by atoms with van der Waals surface area (Å²) in [6.07, 6.45) is 3.04. The fraction of sp³-hybridized carbons (Fsp3) is 0.611. The SMILES string of the molecule is CCC1(CC)C(NC(=O)C(C)(N)c2ccccc2)CC1OC. The zero-order chi connectivity index (χ0) is 16.4. The zero-order valence-corrected chi connectivity index (χ0v) is 14.1. The highest BCUT2D eigenvalue weighted by atomic mass is 16.5. The van der Waals surface area contributed by atoms with Crippen LogP contribution in [0.25, 0.3) is 0 Å². The molecule has 0 spiro atoms. The van der Waals surface area contributed by atoms with Crippen molar-refractivity contribution in [3.05, 3.63) is 35.9 Å². The molecular formula is C18H28N2O2. The Hall–Kier alpha value is -1.39. The lowest BCUT2D eigenvalue weighted by atomic mass is 9.58. The van der Waals surface area contributed by atoms with E-state index >= 15 is 0 Å². The lowest BCUT2D eigenvalue weighted by Gasteiger charge is -2.55. The van der Waals surface area contributed by atoms with Gasteiger partial charge in [0, 0.05) is 18.6 Å². The van der Waals surface area contributed by atoms with Crippen LogP contribution in [-0.2, 0) is 15.1 Å². The molecular weight excluding hydrogens is 276 g/mol. The molecule has 4 heteroatoms. The molecule has 4 nitrogen and oxygen atoms in total. The fourth-order valence-electron chi connectivity index (χ4n) is 3.70. The molecule has 0 heterocycles. The number of carbonyl (C=O) groups excluding carboxylic acids is 1. The van der Waals surface area contributed by atoms with Crippen LogP contribution in [0.1, 0.15) is 45.6 Å². The van der Waals surface area contributed by atoms with Crippen LogP contribution in [0.4, 0.5) is 0 Å². The first-order valence-corrected chi connectivity index (χ1v) is 8.10. The summed E-state index contributed by atoms with van der Waals surface area (Å²) in [7, 11) is 1.75. The molecule has 3 N–H and O–H groups in total. The van der Waals surface area contributed by atoms with Gasteiger partial charge in [-0.2, -0.15) is 0 Å². The summed E-state index contributed by atoms with van der Waals surface area (Å²) in [6, 6.07) is 9.65. The van der Waals surface area contributed by atoms with Crippen molar-refractivity contribution >= 4 is 5.91 Å². The third-order valence-electron chi connectivity index (χ3n) is 5.54. The molecule has 22 heavy (non-hydrogen) atoms. The van der Waals surface area contributed by atoms with Crippen molar-refractivity contribution in [3.8, 4) is 0 Å². The van der Waals surface area contributed by atoms with Gasteiger partial charge in [-0.25, -0.2) is 0 Å². The summed E-state index contributed by atoms with van der Waals surface area (Å²) < 4.78 is 5.58. The molecule has 3 atom stereocenters. The Morgan fingerprint density at radius 1 is 1.36 bits per heavy atom. The summed E-state index contributed by atoms with van der Waals surface area (Å²) >= 11 is 0. The molecule has 1 aliphatic carbocycles. The van der Waals surface area contributed by atoms with E-state index in [1.807, 2.05) is 30.3 Å². The van der Waals surface area contributed by atoms with Crippen LogP contribution in [0.5, 0.6) is 0 Å². The molecule has 122 valence electrons. The van der Waals surface area contributed by atoms with Crippen LogP contribution in [-0.4, -0.2) is 25.2 Å². The van der Waals surface area contributed by atoms with E-state index in [1.54, 1.807) is 14.0 Å². The number of nitrogens with one attached hydrogen (secondary N) is 1. The first-order valence-electron chi connectivity index (χ1n) is 8.10. The quantitative estimate of drug-likeness (QED) is 0.849. The number of carbonyl (C=O) groups is 1. The van der Waals surface area contributed by atoms with Gasteiger partial charge in [-0.1, -0.05) is 44.2 Å². The monoisotopic (exact) mass is 304 g/mol. The number of nitrogens with two attached hydrogens (primary N) is 1. The Morgan fingerprint density at radius 2 is 1.95 bits per heavy atom. The van der Waals surface area contributed by atoms with Crippen LogP contribution >= 0.6 is 0 Å². The number of amides is 1. The van der Waals surface area contributed by atoms with Gasteiger partial charge in [-0.15, -0.1) is 0 Å². The summed E-state index contributed by atoms with van der Waals surface area (Å²) in [5.41, 5.74) is 6.14. The minimum absolute atomic E-state index is 0.0250. The third kappa shape index (κ3) is 2.66. The highest BCUT2D eigenvalue weighted by Crippen LogP contribution is 2.48. The molecule has 1 amide bonds. The molecule has 1 aliphatic rings. The Morgan fingerprint density at radius 3 is 2.45 bits per heavy atom. The molecule has 1 aromatic carbocycles. The van der Waals surface area contributed by atoms with Gasteiger partial charge in [0.25, 0.3) is 0 Å². The van der Waals surface area contributed by atoms with Crippen molar-refractivity contribution in [2.75, 3.05) is 7.11 Å². The van der Waals surface area contributed by atoms with Crippen molar-refractivity contribution < 1.29 is 9.53 Å². The third-order valence-corrected chi connectivity index (χ3v) is 5.54. The predicted octanol–water partition coefficient (Wildman–Crippen LogP) is 2.57. The van der Waals surface area contributed by atoms with Gasteiger partial charge in [0.2, 0.25) is 5.91 Å². The maximum Gasteiger partial charge on any atom is 0.244 e. The van der Waals surface area contributed by atoms with Crippen LogP contribution < -0.4 is 11.1 Å². The minimum atomic E-state index is -1.02. The first-order chi connectivity index (χ1) is 10.4. The van der Waals surface area contributed by atoms with E-state index < -0.39 is 5.54 Å². The number of hydrogen-bond donors (Lipinski definition) is 2. The highest BCUT2D eigenvalue weighted by molar-refractivity contribution is 5.87. The van der Waals surface area contributed by atoms with Gasteiger partial charge < -0.3 is 15.8 Å². The largest absolute Gasteiger partial charge is 0.381 e. The lowest BCUT2D eigenvalue weighted by Crippen LogP contribution is -2.66. The zero-order valence-electron chi connectivity index (χ0n) is 14.1. The van der Waals surface area contributed by atoms with Gasteiger partial charge in [0.1, 0.15) is 5.54 Å². The molecule has 0 radical (unpaired) electrons. The Bertz CT molecular complexity index is 509. The second-order valence-corrected chi connectivity index (χ2v) is 6.49. The number of benzene rings is 1. The van der Waals surface area contributed by atoms with Gasteiger partial charge in [-0.05, 0) is 31.7 Å². The minimum Gasteiger partial charge on any atom is -0.381 e. The van der Waals surface area contributed by atoms with E-state index in [4.69, 9.17) is 10.5 Å². The van der Waals surface area contributed by atoms with Crippen molar-refractivity contribution in [2.45, 2.75) is 57.7 Å². The maximum absolute atomic E-state index is 12.7. The van der Waals surface area contributed by atoms with Crippen LogP contribution in [0.15, 0.2) is 30.3 Å². The van der Waals surface area contributed by atoms with Crippen molar-refractivity contribution in [1.29, 1.82) is 0 Å². The molecule has 2 rings (SSSR count). The van der Waals surface area contributed by atoms with Gasteiger partial charge in [0.15, 0.2) is 0 Å². The molecule has 0 aromatic heterocycles. The summed E-state index contributed by atoms with van der Waals surface area (Å²) in [5, 5.41) is 3.17. The van der Waals surface area contributed by atoms with Crippen LogP contribution in [0.3, 0.4) is 0 Å². The average Bonchev–Trinajstić information content (AvgIpc) is 2.53. The molecule has 0 bridgehead atoms. The average molecular weight is 304 g/mol. The molecule has 0 saturated heterocycles. The van der Waals surface area contributed by atoms with E-state index in [0.29, 0.717) is 0 Å². The normalized spacial score (nSPS) is 25.9. The molecule has 0 aliphatic heterocycles. The summed E-state index contributed by atoms with van der Waals surface area (Å²) in [6.45, 7) is 6.09. The number of hydrogen-bond acceptors (Lipinski definition) is 3. The van der Waals surface area contributed by atoms with E-state index in [-0.39, 0.29) is 23.5 Å². The Balaban J connectivity index is 2.12. The lowest BCUT2D eigenvalue weighted by molar-refractivity contribution is -0.144.